The van der Waals surface area contributed by atoms with E-state index in [2.05, 4.69) is 42.7 Å². The molecule has 120 valence electrons. The normalized spacial score (nSPS) is 10.0. The van der Waals surface area contributed by atoms with Crippen LogP contribution in [-0.2, 0) is 4.79 Å². The molecule has 23 heavy (non-hydrogen) atoms. The molecule has 0 aliphatic carbocycles. The molecule has 2 aromatic carbocycles. The number of carbonyl (C=O) groups excluding carboxylic acids is 2. The van der Waals surface area contributed by atoms with E-state index in [1.165, 1.54) is 0 Å². The van der Waals surface area contributed by atoms with E-state index in [0.717, 1.165) is 4.47 Å². The second-order valence-corrected chi connectivity index (χ2v) is 6.58. The van der Waals surface area contributed by atoms with Crippen LogP contribution in [0, 0.1) is 0 Å². The lowest BCUT2D eigenvalue weighted by Crippen LogP contribution is -2.43. The van der Waals surface area contributed by atoms with Gasteiger partial charge < -0.3 is 4.74 Å². The maximum Gasteiger partial charge on any atom is 0.276 e. The van der Waals surface area contributed by atoms with Crippen molar-refractivity contribution >= 4 is 55.3 Å². The summed E-state index contributed by atoms with van der Waals surface area (Å²) in [5.74, 6) is -0.408. The Morgan fingerprint density at radius 2 is 1.74 bits per heavy atom. The molecule has 0 saturated heterocycles. The van der Waals surface area contributed by atoms with E-state index in [1.54, 1.807) is 42.5 Å². The van der Waals surface area contributed by atoms with Crippen molar-refractivity contribution in [1.82, 2.24) is 10.9 Å². The van der Waals surface area contributed by atoms with Crippen LogP contribution in [0.5, 0.6) is 5.75 Å². The number of nitrogens with one attached hydrogen (secondary N) is 2. The summed E-state index contributed by atoms with van der Waals surface area (Å²) in [5, 5.41) is 0.527. The predicted octanol–water partition coefficient (Wildman–Crippen LogP) is 3.71. The molecule has 8 heteroatoms. The summed E-state index contributed by atoms with van der Waals surface area (Å²) < 4.78 is 6.96. The third kappa shape index (κ3) is 5.53. The lowest BCUT2D eigenvalue weighted by Gasteiger charge is -2.10. The average molecular weight is 463 g/mol. The van der Waals surface area contributed by atoms with Gasteiger partial charge in [0.2, 0.25) is 0 Å². The highest BCUT2D eigenvalue weighted by Gasteiger charge is 2.09. The smallest absolute Gasteiger partial charge is 0.276 e. The van der Waals surface area contributed by atoms with Crippen molar-refractivity contribution < 1.29 is 14.3 Å². The Bertz CT molecular complexity index is 723. The number of halogens is 3. The molecule has 0 atom stereocenters. The van der Waals surface area contributed by atoms with E-state index in [4.69, 9.17) is 16.3 Å². The summed E-state index contributed by atoms with van der Waals surface area (Å²) in [4.78, 5) is 23.5. The third-order valence-corrected chi connectivity index (χ3v) is 4.04. The standard InChI is InChI=1S/C15H11Br2ClN2O3/c16-10-3-6-13(12(17)7-10)23-8-14(21)19-20-15(22)9-1-4-11(18)5-2-9/h1-7H,8H2,(H,19,21)(H,20,22). The lowest BCUT2D eigenvalue weighted by atomic mass is 10.2. The van der Waals surface area contributed by atoms with E-state index in [-0.39, 0.29) is 6.61 Å². The number of hydrazine groups is 1. The summed E-state index contributed by atoms with van der Waals surface area (Å²) in [6, 6.07) is 11.6. The zero-order valence-corrected chi connectivity index (χ0v) is 15.5. The highest BCUT2D eigenvalue weighted by molar-refractivity contribution is 9.11. The maximum atomic E-state index is 11.8. The molecule has 2 rings (SSSR count). The molecular formula is C15H11Br2ClN2O3. The van der Waals surface area contributed by atoms with Crippen LogP contribution in [0.2, 0.25) is 5.02 Å². The Kier molecular flexibility index (Phi) is 6.44. The van der Waals surface area contributed by atoms with Crippen molar-refractivity contribution in [2.75, 3.05) is 6.61 Å². The fourth-order valence-electron chi connectivity index (χ4n) is 1.57. The first-order valence-corrected chi connectivity index (χ1v) is 8.34. The zero-order valence-electron chi connectivity index (χ0n) is 11.6. The maximum absolute atomic E-state index is 11.8. The van der Waals surface area contributed by atoms with Gasteiger partial charge in [0.1, 0.15) is 5.75 Å². The van der Waals surface area contributed by atoms with Gasteiger partial charge in [-0.15, -0.1) is 0 Å². The largest absolute Gasteiger partial charge is 0.483 e. The van der Waals surface area contributed by atoms with Gasteiger partial charge in [0.25, 0.3) is 11.8 Å². The van der Waals surface area contributed by atoms with Crippen LogP contribution in [0.25, 0.3) is 0 Å². The van der Waals surface area contributed by atoms with Crippen LogP contribution >= 0.6 is 43.5 Å². The van der Waals surface area contributed by atoms with E-state index in [9.17, 15) is 9.59 Å². The van der Waals surface area contributed by atoms with Gasteiger partial charge in [-0.05, 0) is 58.4 Å². The Labute approximate surface area is 154 Å². The van der Waals surface area contributed by atoms with Crippen LogP contribution in [0.3, 0.4) is 0 Å². The predicted molar refractivity (Wildman–Crippen MR) is 94.4 cm³/mol. The molecule has 0 aliphatic rings. The minimum atomic E-state index is -0.484. The SMILES string of the molecule is O=C(COc1ccc(Br)cc1Br)NNC(=O)c1ccc(Cl)cc1. The van der Waals surface area contributed by atoms with Crippen molar-refractivity contribution in [3.05, 3.63) is 62.0 Å². The molecule has 0 bridgehead atoms. The Morgan fingerprint density at radius 3 is 2.39 bits per heavy atom. The average Bonchev–Trinajstić information content (AvgIpc) is 2.52. The summed E-state index contributed by atoms with van der Waals surface area (Å²) in [7, 11) is 0. The molecule has 0 heterocycles. The summed E-state index contributed by atoms with van der Waals surface area (Å²) in [6.07, 6.45) is 0. The van der Waals surface area contributed by atoms with Crippen LogP contribution < -0.4 is 15.6 Å². The molecule has 0 radical (unpaired) electrons. The summed E-state index contributed by atoms with van der Waals surface area (Å²) in [6.45, 7) is -0.235. The molecule has 0 spiro atoms. The van der Waals surface area contributed by atoms with E-state index < -0.39 is 11.8 Å². The number of rotatable bonds is 4. The van der Waals surface area contributed by atoms with Gasteiger partial charge in [-0.3, -0.25) is 20.4 Å². The quantitative estimate of drug-likeness (QED) is 0.681. The lowest BCUT2D eigenvalue weighted by molar-refractivity contribution is -0.123. The molecule has 2 aromatic rings. The first-order valence-electron chi connectivity index (χ1n) is 6.38. The third-order valence-electron chi connectivity index (χ3n) is 2.67. The first kappa shape index (κ1) is 17.8. The fourth-order valence-corrected chi connectivity index (χ4v) is 2.86. The Morgan fingerprint density at radius 1 is 1.04 bits per heavy atom. The molecule has 0 unspecified atom stereocenters. The molecule has 0 saturated carbocycles. The minimum Gasteiger partial charge on any atom is -0.483 e. The first-order chi connectivity index (χ1) is 11.0. The van der Waals surface area contributed by atoms with E-state index in [0.29, 0.717) is 20.8 Å². The highest BCUT2D eigenvalue weighted by atomic mass is 79.9. The van der Waals surface area contributed by atoms with Gasteiger partial charge >= 0.3 is 0 Å². The Balaban J connectivity index is 1.81. The number of hydrogen-bond donors (Lipinski definition) is 2. The highest BCUT2D eigenvalue weighted by Crippen LogP contribution is 2.27. The van der Waals surface area contributed by atoms with Gasteiger partial charge in [0.05, 0.1) is 4.47 Å². The van der Waals surface area contributed by atoms with Crippen molar-refractivity contribution in [2.45, 2.75) is 0 Å². The van der Waals surface area contributed by atoms with Crippen LogP contribution in [0.4, 0.5) is 0 Å². The van der Waals surface area contributed by atoms with E-state index >= 15 is 0 Å². The summed E-state index contributed by atoms with van der Waals surface area (Å²) in [5.41, 5.74) is 4.95. The van der Waals surface area contributed by atoms with Gasteiger partial charge in [-0.1, -0.05) is 27.5 Å². The van der Waals surface area contributed by atoms with Crippen molar-refractivity contribution in [3.8, 4) is 5.75 Å². The monoisotopic (exact) mass is 460 g/mol. The topological polar surface area (TPSA) is 67.4 Å². The van der Waals surface area contributed by atoms with Crippen LogP contribution in [-0.4, -0.2) is 18.4 Å². The Hall–Kier alpha value is -1.57. The molecule has 2 amide bonds. The molecule has 5 nitrogen and oxygen atoms in total. The number of amides is 2. The van der Waals surface area contributed by atoms with Crippen LogP contribution in [0.15, 0.2) is 51.4 Å². The second-order valence-electron chi connectivity index (χ2n) is 4.37. The molecule has 2 N–H and O–H groups in total. The molecular weight excluding hydrogens is 451 g/mol. The van der Waals surface area contributed by atoms with Gasteiger partial charge in [0, 0.05) is 15.1 Å². The molecule has 0 aromatic heterocycles. The van der Waals surface area contributed by atoms with Crippen molar-refractivity contribution in [3.63, 3.8) is 0 Å². The summed E-state index contributed by atoms with van der Waals surface area (Å²) >= 11 is 12.4. The van der Waals surface area contributed by atoms with E-state index in [1.807, 2.05) is 0 Å². The van der Waals surface area contributed by atoms with Crippen molar-refractivity contribution in [2.24, 2.45) is 0 Å². The van der Waals surface area contributed by atoms with Crippen LogP contribution in [0.1, 0.15) is 10.4 Å². The van der Waals surface area contributed by atoms with Gasteiger partial charge in [-0.2, -0.15) is 0 Å². The van der Waals surface area contributed by atoms with Crippen molar-refractivity contribution in [1.29, 1.82) is 0 Å². The number of ether oxygens (including phenoxy) is 1. The number of benzene rings is 2. The second kappa shape index (κ2) is 8.33. The fraction of sp³-hybridized carbons (Fsp3) is 0.0667. The number of carbonyl (C=O) groups is 2. The van der Waals surface area contributed by atoms with Gasteiger partial charge in [-0.25, -0.2) is 0 Å². The molecule has 0 aliphatic heterocycles. The van der Waals surface area contributed by atoms with Gasteiger partial charge in [0.15, 0.2) is 6.61 Å². The molecule has 0 fully saturated rings. The minimum absolute atomic E-state index is 0.235. The zero-order chi connectivity index (χ0) is 16.8. The number of hydrogen-bond acceptors (Lipinski definition) is 3.